The normalized spacial score (nSPS) is 13.8. The molecule has 1 saturated carbocycles. The van der Waals surface area contributed by atoms with Crippen LogP contribution < -0.4 is 5.32 Å². The second-order valence-electron chi connectivity index (χ2n) is 5.61. The fourth-order valence-electron chi connectivity index (χ4n) is 2.23. The van der Waals surface area contributed by atoms with Gasteiger partial charge in [-0.25, -0.2) is 9.97 Å². The van der Waals surface area contributed by atoms with Gasteiger partial charge in [0.25, 0.3) is 5.69 Å². The first-order valence-corrected chi connectivity index (χ1v) is 7.63. The molecule has 24 heavy (non-hydrogen) atoms. The third-order valence-electron chi connectivity index (χ3n) is 3.72. The van der Waals surface area contributed by atoms with Gasteiger partial charge in [-0.3, -0.25) is 14.9 Å². The second kappa shape index (κ2) is 6.99. The fraction of sp³-hybridized carbons (Fsp3) is 0.235. The number of non-ortho nitro benzene ring substituents is 1. The number of nitro benzene ring substituents is 1. The molecule has 1 amide bonds. The monoisotopic (exact) mass is 324 g/mol. The molecular formula is C17H16N4O3. The predicted octanol–water partition coefficient (Wildman–Crippen LogP) is 2.59. The van der Waals surface area contributed by atoms with Crippen molar-refractivity contribution in [2.75, 3.05) is 0 Å². The number of hydrogen-bond donors (Lipinski definition) is 1. The summed E-state index contributed by atoms with van der Waals surface area (Å²) in [6.45, 7) is 0.339. The summed E-state index contributed by atoms with van der Waals surface area (Å²) >= 11 is 0. The summed E-state index contributed by atoms with van der Waals surface area (Å²) in [5.74, 6) is 0.296. The molecule has 1 heterocycles. The van der Waals surface area contributed by atoms with Gasteiger partial charge in [0.15, 0.2) is 0 Å². The van der Waals surface area contributed by atoms with Crippen molar-refractivity contribution in [3.63, 3.8) is 0 Å². The SMILES string of the molecule is O=C(/C=C/c1ccc([N+](=O)[O-])cc1)NCc1cc(C2CC2)ncn1. The maximum absolute atomic E-state index is 11.8. The van der Waals surface area contributed by atoms with Crippen LogP contribution >= 0.6 is 0 Å². The molecule has 0 saturated heterocycles. The number of carbonyl (C=O) groups is 1. The van der Waals surface area contributed by atoms with E-state index in [9.17, 15) is 14.9 Å². The highest BCUT2D eigenvalue weighted by Crippen LogP contribution is 2.38. The van der Waals surface area contributed by atoms with Gasteiger partial charge in [0.1, 0.15) is 6.33 Å². The number of nitrogens with zero attached hydrogens (tertiary/aromatic N) is 3. The molecule has 1 aliphatic rings. The Morgan fingerprint density at radius 3 is 2.71 bits per heavy atom. The minimum absolute atomic E-state index is 0.0202. The van der Waals surface area contributed by atoms with E-state index in [2.05, 4.69) is 15.3 Å². The van der Waals surface area contributed by atoms with Crippen LogP contribution in [0.15, 0.2) is 42.7 Å². The Kier molecular flexibility index (Phi) is 4.60. The molecule has 0 aliphatic heterocycles. The van der Waals surface area contributed by atoms with E-state index in [1.54, 1.807) is 18.2 Å². The molecule has 1 fully saturated rings. The first-order chi connectivity index (χ1) is 11.6. The Morgan fingerprint density at radius 1 is 1.29 bits per heavy atom. The van der Waals surface area contributed by atoms with Gasteiger partial charge in [-0.2, -0.15) is 0 Å². The first kappa shape index (κ1) is 15.8. The number of amides is 1. The third kappa shape index (κ3) is 4.22. The Bertz CT molecular complexity index is 783. The lowest BCUT2D eigenvalue weighted by Gasteiger charge is -2.03. The van der Waals surface area contributed by atoms with Gasteiger partial charge in [0, 0.05) is 29.8 Å². The minimum atomic E-state index is -0.460. The molecule has 1 aromatic heterocycles. The van der Waals surface area contributed by atoms with E-state index in [1.165, 1.54) is 37.4 Å². The zero-order valence-electron chi connectivity index (χ0n) is 12.9. The Hall–Kier alpha value is -3.09. The van der Waals surface area contributed by atoms with Crippen LogP contribution in [0.5, 0.6) is 0 Å². The molecule has 1 aliphatic carbocycles. The summed E-state index contributed by atoms with van der Waals surface area (Å²) < 4.78 is 0. The van der Waals surface area contributed by atoms with Gasteiger partial charge in [-0.1, -0.05) is 0 Å². The van der Waals surface area contributed by atoms with E-state index < -0.39 is 4.92 Å². The lowest BCUT2D eigenvalue weighted by molar-refractivity contribution is -0.384. The smallest absolute Gasteiger partial charge is 0.269 e. The van der Waals surface area contributed by atoms with E-state index in [4.69, 9.17) is 0 Å². The molecule has 122 valence electrons. The molecule has 1 aromatic carbocycles. The number of hydrogen-bond acceptors (Lipinski definition) is 5. The molecule has 0 bridgehead atoms. The highest BCUT2D eigenvalue weighted by Gasteiger charge is 2.25. The standard InChI is InChI=1S/C17H16N4O3/c22-17(8-3-12-1-6-15(7-2-12)21(23)24)18-10-14-9-16(13-4-5-13)20-11-19-14/h1-3,6-9,11,13H,4-5,10H2,(H,18,22)/b8-3+. The van der Waals surface area contributed by atoms with Crippen LogP contribution in [0, 0.1) is 10.1 Å². The van der Waals surface area contributed by atoms with Crippen LogP contribution in [0.1, 0.15) is 35.7 Å². The quantitative estimate of drug-likeness (QED) is 0.500. The largest absolute Gasteiger partial charge is 0.347 e. The molecule has 0 radical (unpaired) electrons. The maximum Gasteiger partial charge on any atom is 0.269 e. The Labute approximate surface area is 138 Å². The number of carbonyl (C=O) groups excluding carboxylic acids is 1. The molecule has 0 atom stereocenters. The summed E-state index contributed by atoms with van der Waals surface area (Å²) in [6, 6.07) is 7.91. The van der Waals surface area contributed by atoms with Crippen molar-refractivity contribution in [3.8, 4) is 0 Å². The van der Waals surface area contributed by atoms with Crippen LogP contribution in [0.25, 0.3) is 6.08 Å². The van der Waals surface area contributed by atoms with Gasteiger partial charge in [0.2, 0.25) is 5.91 Å². The van der Waals surface area contributed by atoms with E-state index >= 15 is 0 Å². The summed E-state index contributed by atoms with van der Waals surface area (Å²) in [6.07, 6.45) is 6.86. The van der Waals surface area contributed by atoms with Crippen molar-refractivity contribution in [1.29, 1.82) is 0 Å². The van der Waals surface area contributed by atoms with Crippen molar-refractivity contribution in [2.45, 2.75) is 25.3 Å². The number of nitrogens with one attached hydrogen (secondary N) is 1. The molecule has 0 spiro atoms. The zero-order valence-corrected chi connectivity index (χ0v) is 12.9. The molecule has 7 heteroatoms. The zero-order chi connectivity index (χ0) is 16.9. The average molecular weight is 324 g/mol. The Balaban J connectivity index is 1.53. The van der Waals surface area contributed by atoms with Crippen LogP contribution in [0.4, 0.5) is 5.69 Å². The van der Waals surface area contributed by atoms with Gasteiger partial charge in [-0.15, -0.1) is 0 Å². The summed E-state index contributed by atoms with van der Waals surface area (Å²) in [5.41, 5.74) is 2.56. The molecule has 0 unspecified atom stereocenters. The van der Waals surface area contributed by atoms with E-state index in [-0.39, 0.29) is 11.6 Å². The average Bonchev–Trinajstić information content (AvgIpc) is 3.44. The van der Waals surface area contributed by atoms with Crippen LogP contribution in [0.2, 0.25) is 0 Å². The van der Waals surface area contributed by atoms with Crippen LogP contribution in [0.3, 0.4) is 0 Å². The van der Waals surface area contributed by atoms with E-state index in [1.807, 2.05) is 6.07 Å². The number of benzene rings is 1. The number of rotatable bonds is 6. The third-order valence-corrected chi connectivity index (χ3v) is 3.72. The van der Waals surface area contributed by atoms with Crippen molar-refractivity contribution in [1.82, 2.24) is 15.3 Å². The van der Waals surface area contributed by atoms with Gasteiger partial charge >= 0.3 is 0 Å². The Morgan fingerprint density at radius 2 is 2.04 bits per heavy atom. The van der Waals surface area contributed by atoms with Gasteiger partial charge < -0.3 is 5.32 Å². The molecule has 1 N–H and O–H groups in total. The topological polar surface area (TPSA) is 98.0 Å². The first-order valence-electron chi connectivity index (χ1n) is 7.63. The van der Waals surface area contributed by atoms with Crippen LogP contribution in [-0.4, -0.2) is 20.8 Å². The van der Waals surface area contributed by atoms with Crippen molar-refractivity contribution >= 4 is 17.7 Å². The van der Waals surface area contributed by atoms with Gasteiger partial charge in [0.05, 0.1) is 17.2 Å². The minimum Gasteiger partial charge on any atom is -0.347 e. The van der Waals surface area contributed by atoms with Crippen molar-refractivity contribution < 1.29 is 9.72 Å². The van der Waals surface area contributed by atoms with E-state index in [0.717, 1.165) is 11.4 Å². The van der Waals surface area contributed by atoms with Crippen molar-refractivity contribution in [3.05, 3.63) is 69.8 Å². The molecule has 7 nitrogen and oxygen atoms in total. The highest BCUT2D eigenvalue weighted by atomic mass is 16.6. The van der Waals surface area contributed by atoms with Gasteiger partial charge in [-0.05, 0) is 42.7 Å². The second-order valence-corrected chi connectivity index (χ2v) is 5.61. The van der Waals surface area contributed by atoms with E-state index in [0.29, 0.717) is 18.0 Å². The number of nitro groups is 1. The molecule has 2 aromatic rings. The molecule has 3 rings (SSSR count). The summed E-state index contributed by atoms with van der Waals surface area (Å²) in [7, 11) is 0. The summed E-state index contributed by atoms with van der Waals surface area (Å²) in [5, 5.41) is 13.3. The lowest BCUT2D eigenvalue weighted by Crippen LogP contribution is -2.21. The maximum atomic E-state index is 11.8. The van der Waals surface area contributed by atoms with Crippen LogP contribution in [-0.2, 0) is 11.3 Å². The number of aromatic nitrogens is 2. The lowest BCUT2D eigenvalue weighted by atomic mass is 10.2. The highest BCUT2D eigenvalue weighted by molar-refractivity contribution is 5.91. The molecular weight excluding hydrogens is 308 g/mol. The summed E-state index contributed by atoms with van der Waals surface area (Å²) in [4.78, 5) is 30.4. The van der Waals surface area contributed by atoms with Crippen molar-refractivity contribution in [2.24, 2.45) is 0 Å². The fourth-order valence-corrected chi connectivity index (χ4v) is 2.23. The predicted molar refractivity (Wildman–Crippen MR) is 88.0 cm³/mol.